The summed E-state index contributed by atoms with van der Waals surface area (Å²) in [5, 5.41) is 9.88. The van der Waals surface area contributed by atoms with E-state index in [1.807, 2.05) is 33.9 Å². The van der Waals surface area contributed by atoms with Crippen molar-refractivity contribution in [3.63, 3.8) is 0 Å². The number of anilines is 1. The lowest BCUT2D eigenvalue weighted by atomic mass is 10.1. The normalized spacial score (nSPS) is 26.8. The zero-order chi connectivity index (χ0) is 19.2. The molecule has 1 unspecified atom stereocenters. The van der Waals surface area contributed by atoms with Crippen molar-refractivity contribution < 1.29 is 23.1 Å². The zero-order valence-electron chi connectivity index (χ0n) is 15.0. The van der Waals surface area contributed by atoms with Gasteiger partial charge in [0, 0.05) is 6.20 Å². The third kappa shape index (κ3) is 3.76. The molecule has 0 aromatic carbocycles. The molecule has 1 aromatic heterocycles. The molecule has 25 heavy (non-hydrogen) atoms. The molecule has 0 saturated carbocycles. The van der Waals surface area contributed by atoms with Gasteiger partial charge in [-0.15, -0.1) is 0 Å². The molecule has 1 aliphatic rings. The molecule has 2 rings (SSSR count). The highest BCUT2D eigenvalue weighted by atomic mass is 28.4. The number of aliphatic hydroxyl groups excluding tert-OH is 1. The van der Waals surface area contributed by atoms with Crippen LogP contribution in [0.25, 0.3) is 0 Å². The van der Waals surface area contributed by atoms with Gasteiger partial charge in [0.2, 0.25) is 6.23 Å². The first-order valence-electron chi connectivity index (χ1n) is 7.97. The lowest BCUT2D eigenvalue weighted by Crippen LogP contribution is -2.45. The van der Waals surface area contributed by atoms with Crippen LogP contribution in [0.1, 0.15) is 27.0 Å². The molecule has 1 aromatic rings. The third-order valence-corrected chi connectivity index (χ3v) is 9.40. The number of alkyl halides is 2. The summed E-state index contributed by atoms with van der Waals surface area (Å²) in [5.41, 5.74) is 4.40. The van der Waals surface area contributed by atoms with Crippen molar-refractivity contribution in [2.45, 2.75) is 63.3 Å². The van der Waals surface area contributed by atoms with Crippen molar-refractivity contribution in [1.82, 2.24) is 9.55 Å². The van der Waals surface area contributed by atoms with Crippen LogP contribution in [-0.2, 0) is 9.16 Å². The lowest BCUT2D eigenvalue weighted by molar-refractivity contribution is -0.140. The van der Waals surface area contributed by atoms with Gasteiger partial charge in [-0.1, -0.05) is 20.8 Å². The zero-order valence-corrected chi connectivity index (χ0v) is 16.0. The summed E-state index contributed by atoms with van der Waals surface area (Å²) in [7, 11) is -2.20. The summed E-state index contributed by atoms with van der Waals surface area (Å²) in [6, 6.07) is 1.21. The van der Waals surface area contributed by atoms with Crippen LogP contribution < -0.4 is 11.4 Å². The molecule has 3 atom stereocenters. The van der Waals surface area contributed by atoms with Crippen LogP contribution in [0.5, 0.6) is 0 Å². The van der Waals surface area contributed by atoms with Crippen molar-refractivity contribution in [3.8, 4) is 0 Å². The van der Waals surface area contributed by atoms with Crippen LogP contribution in [0.3, 0.4) is 0 Å². The Morgan fingerprint density at radius 3 is 2.60 bits per heavy atom. The number of rotatable bonds is 4. The Balaban J connectivity index is 2.21. The average Bonchev–Trinajstić information content (AvgIpc) is 2.67. The van der Waals surface area contributed by atoms with Crippen molar-refractivity contribution in [3.05, 3.63) is 22.7 Å². The number of halogens is 2. The largest absolute Gasteiger partial charge is 0.414 e. The maximum Gasteiger partial charge on any atom is 0.351 e. The quantitative estimate of drug-likeness (QED) is 0.776. The van der Waals surface area contributed by atoms with Gasteiger partial charge in [0.05, 0.1) is 6.61 Å². The topological polar surface area (TPSA) is 99.6 Å². The maximum atomic E-state index is 14.4. The summed E-state index contributed by atoms with van der Waals surface area (Å²) in [5.74, 6) is -3.75. The van der Waals surface area contributed by atoms with Crippen molar-refractivity contribution in [1.29, 1.82) is 0 Å². The van der Waals surface area contributed by atoms with Gasteiger partial charge in [-0.2, -0.15) is 13.8 Å². The number of ether oxygens (including phenoxy) is 1. The van der Waals surface area contributed by atoms with Crippen LogP contribution >= 0.6 is 0 Å². The maximum absolute atomic E-state index is 14.4. The summed E-state index contributed by atoms with van der Waals surface area (Å²) in [6.07, 6.45) is -4.23. The first-order chi connectivity index (χ1) is 11.3. The molecule has 0 bridgehead atoms. The first-order valence-corrected chi connectivity index (χ1v) is 10.9. The second-order valence-electron chi connectivity index (χ2n) is 7.76. The van der Waals surface area contributed by atoms with E-state index in [1.54, 1.807) is 0 Å². The minimum Gasteiger partial charge on any atom is -0.414 e. The van der Waals surface area contributed by atoms with E-state index in [2.05, 4.69) is 4.98 Å². The van der Waals surface area contributed by atoms with Gasteiger partial charge in [-0.3, -0.25) is 4.57 Å². The van der Waals surface area contributed by atoms with E-state index < -0.39 is 38.4 Å². The van der Waals surface area contributed by atoms with Gasteiger partial charge >= 0.3 is 11.6 Å². The van der Waals surface area contributed by atoms with E-state index in [1.165, 1.54) is 6.07 Å². The lowest BCUT2D eigenvalue weighted by Gasteiger charge is -2.37. The second-order valence-corrected chi connectivity index (χ2v) is 12.6. The molecule has 1 fully saturated rings. The van der Waals surface area contributed by atoms with Crippen molar-refractivity contribution >= 4 is 14.1 Å². The Morgan fingerprint density at radius 1 is 1.48 bits per heavy atom. The Labute approximate surface area is 145 Å². The van der Waals surface area contributed by atoms with Gasteiger partial charge < -0.3 is 20.0 Å². The van der Waals surface area contributed by atoms with Crippen molar-refractivity contribution in [2.75, 3.05) is 12.3 Å². The number of nitrogens with two attached hydrogens (primary N) is 1. The highest BCUT2D eigenvalue weighted by molar-refractivity contribution is 6.74. The van der Waals surface area contributed by atoms with Gasteiger partial charge in [0.1, 0.15) is 11.9 Å². The molecule has 2 heterocycles. The predicted molar refractivity (Wildman–Crippen MR) is 90.9 cm³/mol. The minimum atomic E-state index is -3.66. The SMILES string of the molecule is CC(C)(C)[Si](C)(C)OC[C@H]1OC(n2ccc(N)nc2=O)C(F)(F)[C@H]1O. The summed E-state index contributed by atoms with van der Waals surface area (Å²) < 4.78 is 40.7. The predicted octanol–water partition coefficient (Wildman–Crippen LogP) is 1.74. The number of nitrogen functional groups attached to an aromatic ring is 1. The van der Waals surface area contributed by atoms with Crippen molar-refractivity contribution in [2.24, 2.45) is 0 Å². The summed E-state index contributed by atoms with van der Waals surface area (Å²) >= 11 is 0. The monoisotopic (exact) mass is 377 g/mol. The molecule has 7 nitrogen and oxygen atoms in total. The Hall–Kier alpha value is -1.36. The number of hydrogen-bond donors (Lipinski definition) is 2. The molecular formula is C15H25F2N3O4Si. The highest BCUT2D eigenvalue weighted by Crippen LogP contribution is 2.43. The molecule has 3 N–H and O–H groups in total. The molecular weight excluding hydrogens is 352 g/mol. The third-order valence-electron chi connectivity index (χ3n) is 4.90. The van der Waals surface area contributed by atoms with E-state index >= 15 is 0 Å². The summed E-state index contributed by atoms with van der Waals surface area (Å²) in [6.45, 7) is 9.81. The van der Waals surface area contributed by atoms with Crippen LogP contribution in [-0.4, -0.2) is 47.7 Å². The Bertz CT molecular complexity index is 690. The molecule has 1 saturated heterocycles. The van der Waals surface area contributed by atoms with Crippen LogP contribution in [0.4, 0.5) is 14.6 Å². The molecule has 142 valence electrons. The molecule has 1 aliphatic heterocycles. The molecule has 10 heteroatoms. The number of nitrogens with zero attached hydrogens (tertiary/aromatic N) is 2. The van der Waals surface area contributed by atoms with Gasteiger partial charge in [0.15, 0.2) is 14.4 Å². The first kappa shape index (κ1) is 20.0. The highest BCUT2D eigenvalue weighted by Gasteiger charge is 2.60. The van der Waals surface area contributed by atoms with E-state index in [0.717, 1.165) is 6.20 Å². The minimum absolute atomic E-state index is 0.0825. The standard InChI is InChI=1S/C15H25F2N3O4Si/c1-14(2,3)25(4,5)23-8-9-11(21)15(16,17)12(24-9)20-7-6-10(18)19-13(20)22/h6-7,9,11-12,21H,8H2,1-5H3,(H2,18,19,22)/t9-,11+,12?/m1/s1. The van der Waals surface area contributed by atoms with Crippen LogP contribution in [0.15, 0.2) is 17.1 Å². The second kappa shape index (κ2) is 6.42. The Morgan fingerprint density at radius 2 is 2.08 bits per heavy atom. The smallest absolute Gasteiger partial charge is 0.351 e. The average molecular weight is 377 g/mol. The summed E-state index contributed by atoms with van der Waals surface area (Å²) in [4.78, 5) is 15.2. The van der Waals surface area contributed by atoms with Gasteiger partial charge in [-0.05, 0) is 24.2 Å². The number of aliphatic hydroxyl groups is 1. The molecule has 0 aliphatic carbocycles. The Kier molecular flexibility index (Phi) is 5.12. The van der Waals surface area contributed by atoms with E-state index in [-0.39, 0.29) is 17.5 Å². The van der Waals surface area contributed by atoms with Crippen LogP contribution in [0.2, 0.25) is 18.1 Å². The molecule has 0 spiro atoms. The fourth-order valence-corrected chi connectivity index (χ4v) is 3.23. The number of hydrogen-bond acceptors (Lipinski definition) is 6. The van der Waals surface area contributed by atoms with Gasteiger partial charge in [0.25, 0.3) is 0 Å². The van der Waals surface area contributed by atoms with E-state index in [0.29, 0.717) is 4.57 Å². The fraction of sp³-hybridized carbons (Fsp3) is 0.733. The molecule has 0 radical (unpaired) electrons. The fourth-order valence-electron chi connectivity index (χ4n) is 2.22. The number of aromatic nitrogens is 2. The molecule has 0 amide bonds. The van der Waals surface area contributed by atoms with Gasteiger partial charge in [-0.25, -0.2) is 4.79 Å². The van der Waals surface area contributed by atoms with Crippen LogP contribution in [0, 0.1) is 0 Å². The van der Waals surface area contributed by atoms with E-state index in [4.69, 9.17) is 14.9 Å². The van der Waals surface area contributed by atoms with E-state index in [9.17, 15) is 18.7 Å².